The number of amides is 1. The maximum atomic E-state index is 12.0. The molecule has 5 heteroatoms. The largest absolute Gasteiger partial charge is 0.352 e. The molecule has 1 amide bonds. The third-order valence-corrected chi connectivity index (χ3v) is 5.19. The Hall–Kier alpha value is -1.36. The fourth-order valence-corrected chi connectivity index (χ4v) is 3.80. The van der Waals surface area contributed by atoms with Gasteiger partial charge in [-0.15, -0.1) is 0 Å². The van der Waals surface area contributed by atoms with Crippen molar-refractivity contribution in [1.29, 1.82) is 0 Å². The second-order valence-corrected chi connectivity index (χ2v) is 7.44. The van der Waals surface area contributed by atoms with E-state index >= 15 is 0 Å². The van der Waals surface area contributed by atoms with Crippen molar-refractivity contribution in [1.82, 2.24) is 5.32 Å². The molecule has 104 valence electrons. The van der Waals surface area contributed by atoms with Crippen LogP contribution in [0.5, 0.6) is 0 Å². The molecule has 0 spiro atoms. The first-order valence-electron chi connectivity index (χ1n) is 6.50. The quantitative estimate of drug-likeness (QED) is 0.911. The van der Waals surface area contributed by atoms with Crippen LogP contribution in [0.4, 0.5) is 0 Å². The molecule has 1 heterocycles. The zero-order valence-electron chi connectivity index (χ0n) is 11.1. The van der Waals surface area contributed by atoms with Crippen molar-refractivity contribution in [3.63, 3.8) is 0 Å². The van der Waals surface area contributed by atoms with Gasteiger partial charge in [0.25, 0.3) is 0 Å². The van der Waals surface area contributed by atoms with Crippen LogP contribution in [0.1, 0.15) is 24.0 Å². The van der Waals surface area contributed by atoms with Gasteiger partial charge < -0.3 is 5.32 Å². The molecule has 1 aliphatic rings. The Kier molecular flexibility index (Phi) is 4.24. The Morgan fingerprint density at radius 2 is 2.00 bits per heavy atom. The number of benzene rings is 1. The van der Waals surface area contributed by atoms with Gasteiger partial charge in [0, 0.05) is 12.5 Å². The highest BCUT2D eigenvalue weighted by atomic mass is 32.2. The molecule has 1 N–H and O–H groups in total. The van der Waals surface area contributed by atoms with Gasteiger partial charge in [0.05, 0.1) is 11.5 Å². The molecule has 0 aromatic heterocycles. The number of carbonyl (C=O) groups excluding carboxylic acids is 1. The van der Waals surface area contributed by atoms with E-state index in [9.17, 15) is 13.2 Å². The molecule has 1 aliphatic heterocycles. The molecule has 0 radical (unpaired) electrons. The molecule has 0 aliphatic carbocycles. The van der Waals surface area contributed by atoms with Crippen LogP contribution in [0.25, 0.3) is 0 Å². The molecule has 4 nitrogen and oxygen atoms in total. The normalized spacial score (nSPS) is 19.0. The first-order chi connectivity index (χ1) is 8.96. The number of sulfone groups is 1. The average Bonchev–Trinajstić information content (AvgIpc) is 2.36. The summed E-state index contributed by atoms with van der Waals surface area (Å²) in [6, 6.07) is 7.98. The third-order valence-electron chi connectivity index (χ3n) is 3.47. The number of hydrogen-bond acceptors (Lipinski definition) is 3. The Morgan fingerprint density at radius 3 is 2.63 bits per heavy atom. The van der Waals surface area contributed by atoms with Gasteiger partial charge in [-0.05, 0) is 25.3 Å². The highest BCUT2D eigenvalue weighted by Crippen LogP contribution is 2.19. The number of hydrogen-bond donors (Lipinski definition) is 1. The fourth-order valence-electron chi connectivity index (χ4n) is 2.31. The Bertz CT molecular complexity index is 552. The number of rotatable bonds is 3. The Balaban J connectivity index is 1.85. The van der Waals surface area contributed by atoms with Crippen molar-refractivity contribution in [2.24, 2.45) is 5.92 Å². The summed E-state index contributed by atoms with van der Waals surface area (Å²) in [7, 11) is -2.90. The molecule has 1 aromatic rings. The standard InChI is InChI=1S/C14H19NO3S/c1-11-3-2-4-12(9-11)10-15-14(16)13-5-7-19(17,18)8-6-13/h2-4,9,13H,5-8,10H2,1H3,(H,15,16). The van der Waals surface area contributed by atoms with Crippen LogP contribution >= 0.6 is 0 Å². The minimum atomic E-state index is -2.90. The van der Waals surface area contributed by atoms with Crippen molar-refractivity contribution in [2.45, 2.75) is 26.3 Å². The summed E-state index contributed by atoms with van der Waals surface area (Å²) in [4.78, 5) is 12.0. The number of carbonyl (C=O) groups is 1. The molecule has 0 atom stereocenters. The van der Waals surface area contributed by atoms with Crippen LogP contribution < -0.4 is 5.32 Å². The summed E-state index contributed by atoms with van der Waals surface area (Å²) in [5.41, 5.74) is 2.23. The van der Waals surface area contributed by atoms with Gasteiger partial charge in [-0.3, -0.25) is 4.79 Å². The van der Waals surface area contributed by atoms with Crippen LogP contribution in [-0.4, -0.2) is 25.8 Å². The van der Waals surface area contributed by atoms with E-state index in [2.05, 4.69) is 5.32 Å². The highest BCUT2D eigenvalue weighted by molar-refractivity contribution is 7.91. The molecule has 0 unspecified atom stereocenters. The van der Waals surface area contributed by atoms with Crippen LogP contribution in [0.2, 0.25) is 0 Å². The fraction of sp³-hybridized carbons (Fsp3) is 0.500. The van der Waals surface area contributed by atoms with Crippen molar-refractivity contribution < 1.29 is 13.2 Å². The first-order valence-corrected chi connectivity index (χ1v) is 8.32. The summed E-state index contributed by atoms with van der Waals surface area (Å²) in [6.45, 7) is 2.51. The summed E-state index contributed by atoms with van der Waals surface area (Å²) in [6.07, 6.45) is 0.893. The second kappa shape index (κ2) is 5.74. The predicted octanol–water partition coefficient (Wildman–Crippen LogP) is 1.44. The van der Waals surface area contributed by atoms with Crippen molar-refractivity contribution in [3.05, 3.63) is 35.4 Å². The lowest BCUT2D eigenvalue weighted by Crippen LogP contribution is -2.35. The minimum Gasteiger partial charge on any atom is -0.352 e. The third kappa shape index (κ3) is 4.06. The van der Waals surface area contributed by atoms with E-state index in [-0.39, 0.29) is 23.3 Å². The van der Waals surface area contributed by atoms with E-state index in [0.717, 1.165) is 11.1 Å². The SMILES string of the molecule is Cc1cccc(CNC(=O)C2CCS(=O)(=O)CC2)c1. The average molecular weight is 281 g/mol. The summed E-state index contributed by atoms with van der Waals surface area (Å²) in [5.74, 6) is 0.0789. The van der Waals surface area contributed by atoms with E-state index in [4.69, 9.17) is 0 Å². The van der Waals surface area contributed by atoms with E-state index in [1.54, 1.807) is 0 Å². The van der Waals surface area contributed by atoms with Crippen LogP contribution in [0, 0.1) is 12.8 Å². The van der Waals surface area contributed by atoms with Gasteiger partial charge in [0.2, 0.25) is 5.91 Å². The highest BCUT2D eigenvalue weighted by Gasteiger charge is 2.28. The lowest BCUT2D eigenvalue weighted by atomic mass is 10.0. The number of aryl methyl sites for hydroxylation is 1. The molecule has 0 bridgehead atoms. The van der Waals surface area contributed by atoms with Gasteiger partial charge in [-0.2, -0.15) is 0 Å². The Morgan fingerprint density at radius 1 is 1.32 bits per heavy atom. The van der Waals surface area contributed by atoms with E-state index < -0.39 is 9.84 Å². The minimum absolute atomic E-state index is 0.0311. The summed E-state index contributed by atoms with van der Waals surface area (Å²) in [5, 5.41) is 2.89. The van der Waals surface area contributed by atoms with Crippen LogP contribution in [0.15, 0.2) is 24.3 Å². The Labute approximate surface area is 114 Å². The molecular weight excluding hydrogens is 262 g/mol. The van der Waals surface area contributed by atoms with E-state index in [1.807, 2.05) is 31.2 Å². The summed E-state index contributed by atoms with van der Waals surface area (Å²) >= 11 is 0. The van der Waals surface area contributed by atoms with Gasteiger partial charge in [-0.1, -0.05) is 29.8 Å². The predicted molar refractivity (Wildman–Crippen MR) is 74.4 cm³/mol. The van der Waals surface area contributed by atoms with Crippen molar-refractivity contribution in [3.8, 4) is 0 Å². The van der Waals surface area contributed by atoms with E-state index in [0.29, 0.717) is 19.4 Å². The zero-order chi connectivity index (χ0) is 13.9. The molecule has 1 aromatic carbocycles. The monoisotopic (exact) mass is 281 g/mol. The lowest BCUT2D eigenvalue weighted by molar-refractivity contribution is -0.125. The van der Waals surface area contributed by atoms with E-state index in [1.165, 1.54) is 0 Å². The molecular formula is C14H19NO3S. The van der Waals surface area contributed by atoms with Crippen LogP contribution in [-0.2, 0) is 21.2 Å². The number of nitrogens with one attached hydrogen (secondary N) is 1. The summed E-state index contributed by atoms with van der Waals surface area (Å²) < 4.78 is 22.6. The zero-order valence-corrected chi connectivity index (χ0v) is 11.9. The maximum absolute atomic E-state index is 12.0. The van der Waals surface area contributed by atoms with Gasteiger partial charge in [-0.25, -0.2) is 8.42 Å². The molecule has 19 heavy (non-hydrogen) atoms. The van der Waals surface area contributed by atoms with Crippen molar-refractivity contribution >= 4 is 15.7 Å². The van der Waals surface area contributed by atoms with Crippen LogP contribution in [0.3, 0.4) is 0 Å². The first kappa shape index (κ1) is 14.1. The molecule has 1 saturated heterocycles. The molecule has 0 saturated carbocycles. The van der Waals surface area contributed by atoms with Gasteiger partial charge >= 0.3 is 0 Å². The van der Waals surface area contributed by atoms with Gasteiger partial charge in [0.1, 0.15) is 9.84 Å². The molecule has 1 fully saturated rings. The lowest BCUT2D eigenvalue weighted by Gasteiger charge is -2.21. The van der Waals surface area contributed by atoms with Gasteiger partial charge in [0.15, 0.2) is 0 Å². The van der Waals surface area contributed by atoms with Crippen molar-refractivity contribution in [2.75, 3.05) is 11.5 Å². The molecule has 2 rings (SSSR count). The second-order valence-electron chi connectivity index (χ2n) is 5.13. The topological polar surface area (TPSA) is 63.2 Å². The smallest absolute Gasteiger partial charge is 0.223 e. The maximum Gasteiger partial charge on any atom is 0.223 e.